The molecule has 6 heteroatoms. The number of hydrogen-bond acceptors (Lipinski definition) is 5. The normalized spacial score (nSPS) is 19.9. The van der Waals surface area contributed by atoms with Crippen molar-refractivity contribution in [2.24, 2.45) is 0 Å². The summed E-state index contributed by atoms with van der Waals surface area (Å²) in [5, 5.41) is 3.26. The van der Waals surface area contributed by atoms with Gasteiger partial charge in [0.2, 0.25) is 0 Å². The Kier molecular flexibility index (Phi) is 8.01. The van der Waals surface area contributed by atoms with E-state index in [-0.39, 0.29) is 23.7 Å². The molecule has 0 saturated carbocycles. The molecule has 1 fully saturated rings. The largest absolute Gasteiger partial charge is 0.497 e. The van der Waals surface area contributed by atoms with Gasteiger partial charge in [-0.05, 0) is 55.5 Å². The number of benzene rings is 3. The highest BCUT2D eigenvalue weighted by molar-refractivity contribution is 6.02. The predicted octanol–water partition coefficient (Wildman–Crippen LogP) is 5.75. The van der Waals surface area contributed by atoms with Crippen LogP contribution in [0.5, 0.6) is 5.75 Å². The van der Waals surface area contributed by atoms with Gasteiger partial charge in [0, 0.05) is 32.3 Å². The molecule has 6 nitrogen and oxygen atoms in total. The summed E-state index contributed by atoms with van der Waals surface area (Å²) in [4.78, 5) is 18.1. The second-order valence-corrected chi connectivity index (χ2v) is 10.4. The molecule has 3 aromatic rings. The van der Waals surface area contributed by atoms with Crippen molar-refractivity contribution >= 4 is 11.6 Å². The molecule has 0 aromatic heterocycles. The topological polar surface area (TPSA) is 54.0 Å². The van der Waals surface area contributed by atoms with Gasteiger partial charge in [0.05, 0.1) is 24.0 Å². The van der Waals surface area contributed by atoms with E-state index in [1.54, 1.807) is 7.11 Å². The van der Waals surface area contributed by atoms with Gasteiger partial charge >= 0.3 is 0 Å². The van der Waals surface area contributed by atoms with Crippen molar-refractivity contribution in [2.75, 3.05) is 38.3 Å². The van der Waals surface area contributed by atoms with Crippen molar-refractivity contribution in [3.63, 3.8) is 0 Å². The second-order valence-electron chi connectivity index (χ2n) is 10.4. The van der Waals surface area contributed by atoms with E-state index in [1.165, 1.54) is 5.56 Å². The summed E-state index contributed by atoms with van der Waals surface area (Å²) in [5.74, 6) is 0.611. The Bertz CT molecular complexity index is 1210. The van der Waals surface area contributed by atoms with Gasteiger partial charge in [-0.2, -0.15) is 0 Å². The van der Waals surface area contributed by atoms with Gasteiger partial charge in [-0.1, -0.05) is 67.6 Å². The Morgan fingerprint density at radius 3 is 2.34 bits per heavy atom. The summed E-state index contributed by atoms with van der Waals surface area (Å²) in [6.07, 6.45) is 2.72. The van der Waals surface area contributed by atoms with Crippen LogP contribution in [0.3, 0.4) is 0 Å². The van der Waals surface area contributed by atoms with Crippen LogP contribution in [0.25, 0.3) is 0 Å². The molecule has 1 amide bonds. The Balaban J connectivity index is 1.37. The summed E-state index contributed by atoms with van der Waals surface area (Å²) < 4.78 is 12.0. The first-order chi connectivity index (χ1) is 18.5. The van der Waals surface area contributed by atoms with Crippen LogP contribution < -0.4 is 15.0 Å². The van der Waals surface area contributed by atoms with E-state index in [0.717, 1.165) is 56.8 Å². The molecule has 2 unspecified atom stereocenters. The average Bonchev–Trinajstić information content (AvgIpc) is 2.97. The standard InChI is InChI=1S/C32H39N3O3/c1-4-21-38-32(26-13-9-6-10-14-26)17-19-34(20-18-32)23-24(2)35-29-16-15-27(37-3)22-28(29)31(36)33-30(35)25-11-7-5-8-12-25/h5-16,22,24,30H,4,17-21,23H2,1-3H3,(H,33,36). The number of methoxy groups -OCH3 is 1. The molecule has 5 rings (SSSR count). The number of anilines is 1. The Hall–Kier alpha value is -3.35. The Labute approximate surface area is 226 Å². The lowest BCUT2D eigenvalue weighted by Gasteiger charge is -2.46. The predicted molar refractivity (Wildman–Crippen MR) is 152 cm³/mol. The molecule has 0 spiro atoms. The monoisotopic (exact) mass is 513 g/mol. The third-order valence-corrected chi connectivity index (χ3v) is 7.93. The van der Waals surface area contributed by atoms with E-state index in [9.17, 15) is 4.79 Å². The molecule has 1 saturated heterocycles. The Morgan fingerprint density at radius 2 is 1.68 bits per heavy atom. The van der Waals surface area contributed by atoms with E-state index < -0.39 is 0 Å². The van der Waals surface area contributed by atoms with E-state index >= 15 is 0 Å². The molecule has 1 N–H and O–H groups in total. The number of nitrogens with one attached hydrogen (secondary N) is 1. The van der Waals surface area contributed by atoms with Gasteiger partial charge in [0.1, 0.15) is 11.9 Å². The van der Waals surface area contributed by atoms with Crippen LogP contribution in [0.4, 0.5) is 5.69 Å². The number of fused-ring (bicyclic) bond motifs is 1. The fraction of sp³-hybridized carbons (Fsp3) is 0.406. The molecule has 0 radical (unpaired) electrons. The summed E-state index contributed by atoms with van der Waals surface area (Å²) in [5.41, 5.74) is 3.73. The van der Waals surface area contributed by atoms with E-state index in [0.29, 0.717) is 11.3 Å². The molecule has 2 atom stereocenters. The van der Waals surface area contributed by atoms with Crippen LogP contribution in [0.15, 0.2) is 78.9 Å². The number of rotatable bonds is 9. The zero-order valence-corrected chi connectivity index (χ0v) is 22.7. The first kappa shape index (κ1) is 26.3. The lowest BCUT2D eigenvalue weighted by atomic mass is 9.84. The van der Waals surface area contributed by atoms with Crippen molar-refractivity contribution in [3.8, 4) is 5.75 Å². The lowest BCUT2D eigenvalue weighted by molar-refractivity contribution is -0.0901. The van der Waals surface area contributed by atoms with Gasteiger partial charge in [0.15, 0.2) is 0 Å². The number of amides is 1. The number of carbonyl (C=O) groups is 1. The van der Waals surface area contributed by atoms with E-state index in [4.69, 9.17) is 9.47 Å². The number of likely N-dealkylation sites (tertiary alicyclic amines) is 1. The SMILES string of the molecule is CCCOC1(c2ccccc2)CCN(CC(C)N2c3ccc(OC)cc3C(=O)NC2c2ccccc2)CC1. The molecule has 0 bridgehead atoms. The lowest BCUT2D eigenvalue weighted by Crippen LogP contribution is -2.54. The summed E-state index contributed by atoms with van der Waals surface area (Å²) in [7, 11) is 1.63. The van der Waals surface area contributed by atoms with Crippen molar-refractivity contribution in [2.45, 2.75) is 50.9 Å². The van der Waals surface area contributed by atoms with Gasteiger partial charge < -0.3 is 24.6 Å². The minimum atomic E-state index is -0.235. The first-order valence-corrected chi connectivity index (χ1v) is 13.8. The highest BCUT2D eigenvalue weighted by Gasteiger charge is 2.39. The van der Waals surface area contributed by atoms with Gasteiger partial charge in [0.25, 0.3) is 5.91 Å². The van der Waals surface area contributed by atoms with Crippen LogP contribution in [0, 0.1) is 0 Å². The molecular formula is C32H39N3O3. The average molecular weight is 514 g/mol. The van der Waals surface area contributed by atoms with Crippen LogP contribution in [0.2, 0.25) is 0 Å². The number of carbonyl (C=O) groups excluding carboxylic acids is 1. The fourth-order valence-corrected chi connectivity index (χ4v) is 5.94. The second kappa shape index (κ2) is 11.6. The fourth-order valence-electron chi connectivity index (χ4n) is 5.94. The molecule has 0 aliphatic carbocycles. The molecular weight excluding hydrogens is 474 g/mol. The summed E-state index contributed by atoms with van der Waals surface area (Å²) >= 11 is 0. The molecule has 2 aliphatic heterocycles. The summed E-state index contributed by atoms with van der Waals surface area (Å²) in [6.45, 7) is 8.03. The quantitative estimate of drug-likeness (QED) is 0.395. The van der Waals surface area contributed by atoms with Crippen LogP contribution in [-0.4, -0.2) is 50.2 Å². The van der Waals surface area contributed by atoms with Crippen molar-refractivity contribution in [1.82, 2.24) is 10.2 Å². The highest BCUT2D eigenvalue weighted by atomic mass is 16.5. The number of hydrogen-bond donors (Lipinski definition) is 1. The van der Waals surface area contributed by atoms with Crippen molar-refractivity contribution in [3.05, 3.63) is 95.6 Å². The van der Waals surface area contributed by atoms with Crippen molar-refractivity contribution < 1.29 is 14.3 Å². The third kappa shape index (κ3) is 5.29. The zero-order valence-electron chi connectivity index (χ0n) is 22.7. The van der Waals surface area contributed by atoms with Crippen molar-refractivity contribution in [1.29, 1.82) is 0 Å². The molecule has 3 aromatic carbocycles. The zero-order chi connectivity index (χ0) is 26.5. The van der Waals surface area contributed by atoms with Crippen LogP contribution >= 0.6 is 0 Å². The third-order valence-electron chi connectivity index (χ3n) is 7.93. The maximum atomic E-state index is 13.2. The first-order valence-electron chi connectivity index (χ1n) is 13.8. The number of ether oxygens (including phenoxy) is 2. The molecule has 38 heavy (non-hydrogen) atoms. The van der Waals surface area contributed by atoms with Crippen LogP contribution in [0.1, 0.15) is 60.8 Å². The molecule has 2 aliphatic rings. The Morgan fingerprint density at radius 1 is 1.00 bits per heavy atom. The maximum Gasteiger partial charge on any atom is 0.255 e. The number of piperidine rings is 1. The van der Waals surface area contributed by atoms with Crippen LogP contribution in [-0.2, 0) is 10.3 Å². The van der Waals surface area contributed by atoms with Gasteiger partial charge in [-0.3, -0.25) is 4.79 Å². The van der Waals surface area contributed by atoms with Gasteiger partial charge in [-0.15, -0.1) is 0 Å². The van der Waals surface area contributed by atoms with E-state index in [1.807, 2.05) is 36.4 Å². The minimum absolute atomic E-state index is 0.0742. The smallest absolute Gasteiger partial charge is 0.255 e. The maximum absolute atomic E-state index is 13.2. The summed E-state index contributed by atoms with van der Waals surface area (Å²) in [6, 6.07) is 26.9. The minimum Gasteiger partial charge on any atom is -0.497 e. The van der Waals surface area contributed by atoms with E-state index in [2.05, 4.69) is 71.4 Å². The molecule has 200 valence electrons. The highest BCUT2D eigenvalue weighted by Crippen LogP contribution is 2.39. The van der Waals surface area contributed by atoms with Gasteiger partial charge in [-0.25, -0.2) is 0 Å². The molecule has 2 heterocycles. The number of nitrogens with zero attached hydrogens (tertiary/aromatic N) is 2.